The Kier molecular flexibility index (Phi) is 6.51. The molecule has 1 unspecified atom stereocenters. The molecule has 0 radical (unpaired) electrons. The van der Waals surface area contributed by atoms with Crippen molar-refractivity contribution in [2.45, 2.75) is 33.3 Å². The largest absolute Gasteiger partial charge is 0.463 e. The van der Waals surface area contributed by atoms with Crippen LogP contribution in [-0.2, 0) is 23.9 Å². The molecule has 1 atom stereocenters. The van der Waals surface area contributed by atoms with Gasteiger partial charge in [-0.05, 0) is 20.8 Å². The van der Waals surface area contributed by atoms with Gasteiger partial charge in [-0.1, -0.05) is 0 Å². The second-order valence-corrected chi connectivity index (χ2v) is 4.27. The topological polar surface area (TPSA) is 118 Å². The van der Waals surface area contributed by atoms with Crippen molar-refractivity contribution >= 4 is 23.3 Å². The zero-order valence-corrected chi connectivity index (χ0v) is 11.1. The van der Waals surface area contributed by atoms with Crippen LogP contribution in [0, 0.1) is 5.41 Å². The first-order chi connectivity index (χ1) is 8.68. The van der Waals surface area contributed by atoms with E-state index in [0.717, 1.165) is 20.8 Å². The second kappa shape index (κ2) is 7.10. The molecule has 0 fully saturated rings. The average Bonchev–Trinajstić information content (AvgIpc) is 2.31. The fourth-order valence-electron chi connectivity index (χ4n) is 1.63. The van der Waals surface area contributed by atoms with E-state index in [1.807, 2.05) is 0 Å². The van der Waals surface area contributed by atoms with Crippen LogP contribution in [0.15, 0.2) is 0 Å². The number of aliphatic hydroxyl groups excluding tert-OH is 2. The second-order valence-electron chi connectivity index (χ2n) is 4.27. The summed E-state index contributed by atoms with van der Waals surface area (Å²) in [6.07, 6.45) is -1.95. The lowest BCUT2D eigenvalue weighted by atomic mass is 9.74. The Bertz CT molecular complexity index is 350. The fraction of sp³-hybridized carbons (Fsp3) is 0.667. The van der Waals surface area contributed by atoms with Crippen molar-refractivity contribution in [3.05, 3.63) is 0 Å². The maximum atomic E-state index is 11.5. The van der Waals surface area contributed by atoms with Gasteiger partial charge in [0, 0.05) is 0 Å². The molecule has 0 heterocycles. The average molecular weight is 274 g/mol. The molecule has 0 aromatic heterocycles. The molecule has 0 saturated carbocycles. The molecule has 0 rings (SSSR count). The summed E-state index contributed by atoms with van der Waals surface area (Å²) >= 11 is 0. The normalized spacial score (nSPS) is 12.7. The lowest BCUT2D eigenvalue weighted by molar-refractivity contribution is -0.159. The van der Waals surface area contributed by atoms with Gasteiger partial charge in [-0.15, -0.1) is 0 Å². The first-order valence-corrected chi connectivity index (χ1v) is 5.66. The number of hydrogen-bond donors (Lipinski definition) is 2. The molecule has 0 bridgehead atoms. The first kappa shape index (κ1) is 17.4. The predicted molar refractivity (Wildman–Crippen MR) is 63.1 cm³/mol. The third-order valence-corrected chi connectivity index (χ3v) is 2.86. The van der Waals surface area contributed by atoms with Gasteiger partial charge in [0.2, 0.25) is 0 Å². The maximum absolute atomic E-state index is 11.5. The Labute approximate surface area is 110 Å². The van der Waals surface area contributed by atoms with E-state index in [1.54, 1.807) is 0 Å². The summed E-state index contributed by atoms with van der Waals surface area (Å²) in [5.41, 5.74) is -2.03. The lowest BCUT2D eigenvalue weighted by Crippen LogP contribution is -2.45. The minimum Gasteiger partial charge on any atom is -0.463 e. The van der Waals surface area contributed by atoms with Gasteiger partial charge >= 0.3 is 5.97 Å². The molecule has 2 N–H and O–H groups in total. The van der Waals surface area contributed by atoms with E-state index in [4.69, 9.17) is 10.2 Å². The Hall–Kier alpha value is -1.60. The fourth-order valence-corrected chi connectivity index (χ4v) is 1.63. The first-order valence-electron chi connectivity index (χ1n) is 5.66. The summed E-state index contributed by atoms with van der Waals surface area (Å²) < 4.78 is 4.60. The Morgan fingerprint density at radius 2 is 1.47 bits per heavy atom. The van der Waals surface area contributed by atoms with Crippen molar-refractivity contribution in [1.82, 2.24) is 0 Å². The van der Waals surface area contributed by atoms with Crippen molar-refractivity contribution < 1.29 is 34.1 Å². The molecule has 0 aliphatic rings. The quantitative estimate of drug-likeness (QED) is 0.431. The van der Waals surface area contributed by atoms with Crippen LogP contribution in [0.2, 0.25) is 0 Å². The molecule has 0 aliphatic carbocycles. The van der Waals surface area contributed by atoms with Crippen LogP contribution in [0.25, 0.3) is 0 Å². The van der Waals surface area contributed by atoms with Crippen LogP contribution in [0.1, 0.15) is 27.2 Å². The number of carbonyl (C=O) groups is 4. The minimum absolute atomic E-state index is 0.473. The van der Waals surface area contributed by atoms with Crippen LogP contribution >= 0.6 is 0 Å². The molecule has 0 aliphatic heterocycles. The van der Waals surface area contributed by atoms with Gasteiger partial charge in [-0.25, -0.2) is 0 Å². The van der Waals surface area contributed by atoms with Crippen molar-refractivity contribution in [1.29, 1.82) is 0 Å². The van der Waals surface area contributed by atoms with Crippen molar-refractivity contribution in [3.8, 4) is 0 Å². The zero-order valence-electron chi connectivity index (χ0n) is 11.1. The van der Waals surface area contributed by atoms with E-state index in [2.05, 4.69) is 4.74 Å². The number of aliphatic hydroxyl groups is 2. The standard InChI is InChI=1S/C12H18O7/c1-7(14)12(8(2)15,9(3)16)4-11(18)19-6-10(17)5-13/h10,13,17H,4-6H2,1-3H3. The van der Waals surface area contributed by atoms with E-state index in [0.29, 0.717) is 0 Å². The van der Waals surface area contributed by atoms with Gasteiger partial charge in [0.1, 0.15) is 12.7 Å². The molecule has 108 valence electrons. The molecule has 19 heavy (non-hydrogen) atoms. The van der Waals surface area contributed by atoms with Gasteiger partial charge in [-0.2, -0.15) is 0 Å². The minimum atomic E-state index is -2.03. The molecular formula is C12H18O7. The van der Waals surface area contributed by atoms with Gasteiger partial charge in [0.05, 0.1) is 13.0 Å². The van der Waals surface area contributed by atoms with E-state index >= 15 is 0 Å². The summed E-state index contributed by atoms with van der Waals surface area (Å²) in [5, 5.41) is 17.5. The number of Topliss-reactive ketones (excluding diaryl/α,β-unsaturated/α-hetero) is 3. The number of esters is 1. The molecule has 0 aromatic rings. The van der Waals surface area contributed by atoms with Crippen LogP contribution in [0.4, 0.5) is 0 Å². The van der Waals surface area contributed by atoms with Gasteiger partial charge in [-0.3, -0.25) is 19.2 Å². The molecule has 0 saturated heterocycles. The highest BCUT2D eigenvalue weighted by Crippen LogP contribution is 2.27. The highest BCUT2D eigenvalue weighted by molar-refractivity contribution is 6.24. The summed E-state index contributed by atoms with van der Waals surface area (Å²) in [6, 6.07) is 0. The van der Waals surface area contributed by atoms with E-state index in [1.165, 1.54) is 0 Å². The third-order valence-electron chi connectivity index (χ3n) is 2.86. The summed E-state index contributed by atoms with van der Waals surface area (Å²) in [4.78, 5) is 46.1. The van der Waals surface area contributed by atoms with Gasteiger partial charge < -0.3 is 14.9 Å². The Morgan fingerprint density at radius 1 is 1.05 bits per heavy atom. The zero-order chi connectivity index (χ0) is 15.2. The predicted octanol–water partition coefficient (Wildman–Crippen LogP) is -0.974. The lowest BCUT2D eigenvalue weighted by Gasteiger charge is -2.24. The summed E-state index contributed by atoms with van der Waals surface area (Å²) in [6.45, 7) is 2.10. The summed E-state index contributed by atoms with van der Waals surface area (Å²) in [5.74, 6) is -3.15. The Balaban J connectivity index is 4.94. The highest BCUT2D eigenvalue weighted by atomic mass is 16.5. The number of carbonyl (C=O) groups excluding carboxylic acids is 4. The molecule has 7 heteroatoms. The van der Waals surface area contributed by atoms with Crippen molar-refractivity contribution in [3.63, 3.8) is 0 Å². The molecule has 0 aromatic carbocycles. The van der Waals surface area contributed by atoms with Crippen LogP contribution in [0.3, 0.4) is 0 Å². The van der Waals surface area contributed by atoms with Gasteiger partial charge in [0.15, 0.2) is 22.8 Å². The molecular weight excluding hydrogens is 256 g/mol. The highest BCUT2D eigenvalue weighted by Gasteiger charge is 2.47. The molecule has 0 amide bonds. The van der Waals surface area contributed by atoms with Gasteiger partial charge in [0.25, 0.3) is 0 Å². The molecule has 0 spiro atoms. The SMILES string of the molecule is CC(=O)C(CC(=O)OCC(O)CO)(C(C)=O)C(C)=O. The van der Waals surface area contributed by atoms with E-state index in [9.17, 15) is 19.2 Å². The van der Waals surface area contributed by atoms with Crippen molar-refractivity contribution in [2.75, 3.05) is 13.2 Å². The van der Waals surface area contributed by atoms with Crippen LogP contribution in [-0.4, -0.2) is 52.8 Å². The Morgan fingerprint density at radius 3 is 1.79 bits per heavy atom. The van der Waals surface area contributed by atoms with Crippen LogP contribution in [0.5, 0.6) is 0 Å². The number of ketones is 3. The number of ether oxygens (including phenoxy) is 1. The third kappa shape index (κ3) is 4.22. The van der Waals surface area contributed by atoms with E-state index in [-0.39, 0.29) is 0 Å². The van der Waals surface area contributed by atoms with E-state index < -0.39 is 54.5 Å². The molecule has 7 nitrogen and oxygen atoms in total. The maximum Gasteiger partial charge on any atom is 0.307 e. The smallest absolute Gasteiger partial charge is 0.307 e. The monoisotopic (exact) mass is 274 g/mol. The number of rotatable bonds is 8. The van der Waals surface area contributed by atoms with Crippen molar-refractivity contribution in [2.24, 2.45) is 5.41 Å². The summed E-state index contributed by atoms with van der Waals surface area (Å²) in [7, 11) is 0. The number of hydrogen-bond acceptors (Lipinski definition) is 7. The van der Waals surface area contributed by atoms with Crippen LogP contribution < -0.4 is 0 Å².